The summed E-state index contributed by atoms with van der Waals surface area (Å²) in [7, 11) is 0. The second kappa shape index (κ2) is 7.65. The van der Waals surface area contributed by atoms with E-state index in [0.717, 1.165) is 16.6 Å². The summed E-state index contributed by atoms with van der Waals surface area (Å²) in [5, 5.41) is 5.23. The van der Waals surface area contributed by atoms with Crippen LogP contribution in [0.5, 0.6) is 0 Å². The molecule has 0 amide bonds. The highest BCUT2D eigenvalue weighted by atomic mass is 16.5. The van der Waals surface area contributed by atoms with Crippen molar-refractivity contribution in [1.82, 2.24) is 24.3 Å². The first kappa shape index (κ1) is 18.1. The summed E-state index contributed by atoms with van der Waals surface area (Å²) < 4.78 is 14.4. The summed E-state index contributed by atoms with van der Waals surface area (Å²) in [5.41, 5.74) is 2.36. The molecule has 0 aliphatic rings. The second-order valence-electron chi connectivity index (χ2n) is 6.26. The number of esters is 1. The van der Waals surface area contributed by atoms with Crippen molar-refractivity contribution in [1.29, 1.82) is 0 Å². The van der Waals surface area contributed by atoms with Crippen LogP contribution in [0.3, 0.4) is 0 Å². The van der Waals surface area contributed by atoms with Crippen molar-refractivity contribution in [2.24, 2.45) is 5.92 Å². The average molecular weight is 357 g/mol. The fourth-order valence-corrected chi connectivity index (χ4v) is 2.61. The van der Waals surface area contributed by atoms with Gasteiger partial charge in [0.25, 0.3) is 0 Å². The first-order valence-electron chi connectivity index (χ1n) is 8.63. The number of fused-ring (bicyclic) bond motifs is 1. The van der Waals surface area contributed by atoms with Crippen LogP contribution in [0.15, 0.2) is 31.0 Å². The minimum Gasteiger partial charge on any atom is -0.444 e. The maximum absolute atomic E-state index is 11.7. The predicted molar refractivity (Wildman–Crippen MR) is 96.0 cm³/mol. The summed E-state index contributed by atoms with van der Waals surface area (Å²) in [6.07, 6.45) is 6.85. The molecule has 0 spiro atoms. The summed E-state index contributed by atoms with van der Waals surface area (Å²) in [4.78, 5) is 20.4. The molecule has 3 rings (SSSR count). The third-order valence-electron chi connectivity index (χ3n) is 4.03. The smallest absolute Gasteiger partial charge is 0.310 e. The Kier molecular flexibility index (Phi) is 5.32. The third-order valence-corrected chi connectivity index (χ3v) is 4.03. The van der Waals surface area contributed by atoms with Crippen molar-refractivity contribution in [2.45, 2.75) is 40.7 Å². The Balaban J connectivity index is 1.88. The molecule has 0 bridgehead atoms. The van der Waals surface area contributed by atoms with Gasteiger partial charge in [0.15, 0.2) is 6.73 Å². The van der Waals surface area contributed by atoms with Crippen LogP contribution >= 0.6 is 0 Å². The van der Waals surface area contributed by atoms with Gasteiger partial charge in [-0.15, -0.1) is 0 Å². The summed E-state index contributed by atoms with van der Waals surface area (Å²) >= 11 is 0. The van der Waals surface area contributed by atoms with Crippen molar-refractivity contribution in [3.63, 3.8) is 0 Å². The highest BCUT2D eigenvalue weighted by Crippen LogP contribution is 2.26. The van der Waals surface area contributed by atoms with E-state index in [1.165, 1.54) is 6.33 Å². The van der Waals surface area contributed by atoms with Crippen LogP contribution in [0, 0.1) is 5.92 Å². The number of carbonyl (C=O) groups excluding carboxylic acids is 1. The van der Waals surface area contributed by atoms with E-state index in [2.05, 4.69) is 15.1 Å². The molecular weight excluding hydrogens is 334 g/mol. The van der Waals surface area contributed by atoms with Gasteiger partial charge in [-0.1, -0.05) is 13.8 Å². The van der Waals surface area contributed by atoms with Crippen molar-refractivity contribution < 1.29 is 14.3 Å². The maximum Gasteiger partial charge on any atom is 0.310 e. The van der Waals surface area contributed by atoms with Crippen LogP contribution in [-0.4, -0.2) is 36.9 Å². The summed E-state index contributed by atoms with van der Waals surface area (Å²) in [6, 6.07) is 1.91. The van der Waals surface area contributed by atoms with Gasteiger partial charge in [0.05, 0.1) is 17.8 Å². The molecule has 1 unspecified atom stereocenters. The molecule has 0 aromatic carbocycles. The fourth-order valence-electron chi connectivity index (χ4n) is 2.61. The number of nitrogens with zero attached hydrogens (tertiary/aromatic N) is 5. The molecular formula is C18H23N5O3. The lowest BCUT2D eigenvalue weighted by Crippen LogP contribution is -2.14. The van der Waals surface area contributed by atoms with E-state index in [0.29, 0.717) is 12.3 Å². The Bertz CT molecular complexity index is 899. The minimum absolute atomic E-state index is 0.123. The van der Waals surface area contributed by atoms with Gasteiger partial charge >= 0.3 is 5.97 Å². The van der Waals surface area contributed by atoms with Gasteiger partial charge in [0, 0.05) is 30.0 Å². The zero-order valence-electron chi connectivity index (χ0n) is 15.4. The van der Waals surface area contributed by atoms with Gasteiger partial charge in [0.1, 0.15) is 18.2 Å². The first-order valence-corrected chi connectivity index (χ1v) is 8.63. The molecule has 3 aromatic heterocycles. The van der Waals surface area contributed by atoms with E-state index < -0.39 is 0 Å². The van der Waals surface area contributed by atoms with Crippen LogP contribution in [0.4, 0.5) is 0 Å². The SMILES string of the molecule is CCOC(C)n1cc(-c2ncnc3c2ccn3COC(=O)C(C)C)cn1. The highest BCUT2D eigenvalue weighted by molar-refractivity contribution is 5.90. The van der Waals surface area contributed by atoms with Gasteiger partial charge in [-0.2, -0.15) is 5.10 Å². The normalized spacial score (nSPS) is 12.7. The molecule has 0 fully saturated rings. The topological polar surface area (TPSA) is 84.1 Å². The third kappa shape index (κ3) is 3.60. The largest absolute Gasteiger partial charge is 0.444 e. The maximum atomic E-state index is 11.7. The number of rotatable bonds is 7. The molecule has 8 heteroatoms. The van der Waals surface area contributed by atoms with E-state index in [1.54, 1.807) is 29.3 Å². The van der Waals surface area contributed by atoms with Gasteiger partial charge in [-0.3, -0.25) is 9.36 Å². The van der Waals surface area contributed by atoms with Crippen molar-refractivity contribution in [2.75, 3.05) is 6.61 Å². The number of carbonyl (C=O) groups is 1. The minimum atomic E-state index is -0.243. The van der Waals surface area contributed by atoms with Gasteiger partial charge < -0.3 is 9.47 Å². The van der Waals surface area contributed by atoms with Gasteiger partial charge in [0.2, 0.25) is 0 Å². The lowest BCUT2D eigenvalue weighted by molar-refractivity contribution is -0.151. The molecule has 3 aromatic rings. The standard InChI is InChI=1S/C18H23N5O3/c1-5-25-13(4)23-9-14(8-21-23)16-15-6-7-22(17(15)20-10-19-16)11-26-18(24)12(2)3/h6-10,12-13H,5,11H2,1-4H3. The zero-order chi connectivity index (χ0) is 18.7. The molecule has 3 heterocycles. The van der Waals surface area contributed by atoms with Crippen LogP contribution in [-0.2, 0) is 21.0 Å². The number of hydrogen-bond acceptors (Lipinski definition) is 6. The van der Waals surface area contributed by atoms with E-state index in [1.807, 2.05) is 32.3 Å². The monoisotopic (exact) mass is 357 g/mol. The highest BCUT2D eigenvalue weighted by Gasteiger charge is 2.15. The van der Waals surface area contributed by atoms with Crippen LogP contribution in [0.25, 0.3) is 22.3 Å². The van der Waals surface area contributed by atoms with Gasteiger partial charge in [-0.25, -0.2) is 14.6 Å². The fraction of sp³-hybridized carbons (Fsp3) is 0.444. The second-order valence-corrected chi connectivity index (χ2v) is 6.26. The van der Waals surface area contributed by atoms with Crippen molar-refractivity contribution >= 4 is 17.0 Å². The summed E-state index contributed by atoms with van der Waals surface area (Å²) in [6.45, 7) is 8.23. The van der Waals surface area contributed by atoms with Crippen LogP contribution in [0.2, 0.25) is 0 Å². The van der Waals surface area contributed by atoms with Gasteiger partial charge in [-0.05, 0) is 19.9 Å². The first-order chi connectivity index (χ1) is 12.5. The average Bonchev–Trinajstić information content (AvgIpc) is 3.27. The molecule has 0 aliphatic carbocycles. The molecule has 26 heavy (non-hydrogen) atoms. The molecule has 8 nitrogen and oxygen atoms in total. The van der Waals surface area contributed by atoms with Crippen molar-refractivity contribution in [3.8, 4) is 11.3 Å². The van der Waals surface area contributed by atoms with Crippen LogP contribution < -0.4 is 0 Å². The lowest BCUT2D eigenvalue weighted by Gasteiger charge is -2.11. The summed E-state index contributed by atoms with van der Waals surface area (Å²) in [5.74, 6) is -0.410. The Morgan fingerprint density at radius 3 is 2.81 bits per heavy atom. The molecule has 138 valence electrons. The molecule has 0 radical (unpaired) electrons. The van der Waals surface area contributed by atoms with E-state index >= 15 is 0 Å². The molecule has 0 saturated heterocycles. The Morgan fingerprint density at radius 2 is 2.08 bits per heavy atom. The Labute approximate surface area is 151 Å². The number of aromatic nitrogens is 5. The quantitative estimate of drug-likeness (QED) is 0.604. The van der Waals surface area contributed by atoms with Crippen molar-refractivity contribution in [3.05, 3.63) is 31.0 Å². The van der Waals surface area contributed by atoms with Crippen LogP contribution in [0.1, 0.15) is 33.9 Å². The Morgan fingerprint density at radius 1 is 1.27 bits per heavy atom. The molecule has 0 saturated carbocycles. The van der Waals surface area contributed by atoms with E-state index in [9.17, 15) is 4.79 Å². The molecule has 0 aliphatic heterocycles. The lowest BCUT2D eigenvalue weighted by atomic mass is 10.2. The predicted octanol–water partition coefficient (Wildman–Crippen LogP) is 3.01. The molecule has 0 N–H and O–H groups in total. The van der Waals surface area contributed by atoms with E-state index in [-0.39, 0.29) is 24.8 Å². The molecule has 1 atom stereocenters. The Hall–Kier alpha value is -2.74. The number of ether oxygens (including phenoxy) is 2. The zero-order valence-corrected chi connectivity index (χ0v) is 15.4. The number of hydrogen-bond donors (Lipinski definition) is 0. The van der Waals surface area contributed by atoms with E-state index in [4.69, 9.17) is 9.47 Å².